The first-order chi connectivity index (χ1) is 11.2. The van der Waals surface area contributed by atoms with E-state index in [0.717, 1.165) is 18.2 Å². The average molecular weight is 347 g/mol. The summed E-state index contributed by atoms with van der Waals surface area (Å²) in [6, 6.07) is 13.0. The molecule has 0 aliphatic rings. The van der Waals surface area contributed by atoms with Gasteiger partial charge in [0.05, 0.1) is 18.0 Å². The van der Waals surface area contributed by atoms with Crippen molar-refractivity contribution >= 4 is 34.9 Å². The third-order valence-electron chi connectivity index (χ3n) is 3.60. The normalized spacial score (nSPS) is 10.6. The topological polar surface area (TPSA) is 24.1 Å². The number of anilines is 2. The number of benzene rings is 2. The van der Waals surface area contributed by atoms with Crippen LogP contribution >= 0.6 is 23.5 Å². The molecule has 0 radical (unpaired) electrons. The fraction of sp³-hybridized carbons (Fsp3) is 0.368. The largest absolute Gasteiger partial charge is 0.367 e. The Hall–Kier alpha value is -1.26. The Kier molecular flexibility index (Phi) is 7.18. The van der Waals surface area contributed by atoms with Gasteiger partial charge in [-0.2, -0.15) is 0 Å². The van der Waals surface area contributed by atoms with Gasteiger partial charge in [0.1, 0.15) is 0 Å². The molecule has 2 N–H and O–H groups in total. The minimum atomic E-state index is 0.726. The van der Waals surface area contributed by atoms with Crippen molar-refractivity contribution in [3.05, 3.63) is 47.5 Å². The van der Waals surface area contributed by atoms with Crippen molar-refractivity contribution in [2.75, 3.05) is 28.8 Å². The highest BCUT2D eigenvalue weighted by molar-refractivity contribution is 7.99. The van der Waals surface area contributed by atoms with Crippen molar-refractivity contribution in [3.63, 3.8) is 0 Å². The summed E-state index contributed by atoms with van der Waals surface area (Å²) >= 11 is 3.76. The Morgan fingerprint density at radius 1 is 0.739 bits per heavy atom. The number of thioether (sulfide) groups is 2. The van der Waals surface area contributed by atoms with Crippen molar-refractivity contribution in [1.29, 1.82) is 0 Å². The van der Waals surface area contributed by atoms with Crippen LogP contribution in [0.5, 0.6) is 0 Å². The standard InChI is InChI=1S/C19H26N2S2/c1-5-22-16-11-7-9-14(3)18(16)20-13-21-19-15(4)10-8-12-17(19)23-6-2/h7-12,20-21H,5-6,13H2,1-4H3. The third-order valence-corrected chi connectivity index (χ3v) is 5.48. The van der Waals surface area contributed by atoms with Crippen LogP contribution in [0.4, 0.5) is 11.4 Å². The van der Waals surface area contributed by atoms with Crippen molar-refractivity contribution in [3.8, 4) is 0 Å². The molecule has 124 valence electrons. The van der Waals surface area contributed by atoms with Crippen LogP contribution in [0.15, 0.2) is 46.2 Å². The summed E-state index contributed by atoms with van der Waals surface area (Å²) in [5.41, 5.74) is 5.06. The van der Waals surface area contributed by atoms with Crippen LogP contribution in [0.3, 0.4) is 0 Å². The molecule has 0 fully saturated rings. The highest BCUT2D eigenvalue weighted by Gasteiger charge is 2.07. The average Bonchev–Trinajstić information content (AvgIpc) is 2.53. The summed E-state index contributed by atoms with van der Waals surface area (Å²) in [7, 11) is 0. The van der Waals surface area contributed by atoms with Gasteiger partial charge in [0.25, 0.3) is 0 Å². The highest BCUT2D eigenvalue weighted by atomic mass is 32.2. The zero-order valence-corrected chi connectivity index (χ0v) is 16.0. The molecule has 0 saturated heterocycles. The number of hydrogen-bond donors (Lipinski definition) is 2. The van der Waals surface area contributed by atoms with E-state index in [-0.39, 0.29) is 0 Å². The van der Waals surface area contributed by atoms with Gasteiger partial charge in [-0.1, -0.05) is 38.1 Å². The number of aryl methyl sites for hydroxylation is 2. The molecule has 0 aliphatic carbocycles. The Bertz CT molecular complexity index is 586. The maximum atomic E-state index is 3.57. The second-order valence-corrected chi connectivity index (χ2v) is 7.90. The zero-order chi connectivity index (χ0) is 16.7. The molecule has 2 rings (SSSR count). The second-order valence-electron chi connectivity index (χ2n) is 5.29. The van der Waals surface area contributed by atoms with E-state index in [1.807, 2.05) is 23.5 Å². The van der Waals surface area contributed by atoms with Gasteiger partial charge in [-0.15, -0.1) is 23.5 Å². The summed E-state index contributed by atoms with van der Waals surface area (Å²) in [6.45, 7) is 9.43. The van der Waals surface area contributed by atoms with Gasteiger partial charge in [-0.05, 0) is 48.6 Å². The Morgan fingerprint density at radius 3 is 1.57 bits per heavy atom. The molecule has 2 aromatic rings. The molecule has 2 nitrogen and oxygen atoms in total. The lowest BCUT2D eigenvalue weighted by molar-refractivity contribution is 1.15. The number of nitrogens with one attached hydrogen (secondary N) is 2. The first kappa shape index (κ1) is 18.1. The molecule has 0 spiro atoms. The predicted octanol–water partition coefficient (Wildman–Crippen LogP) is 6.01. The van der Waals surface area contributed by atoms with Crippen LogP contribution in [0.1, 0.15) is 25.0 Å². The van der Waals surface area contributed by atoms with Gasteiger partial charge in [0, 0.05) is 9.79 Å². The van der Waals surface area contributed by atoms with E-state index in [1.54, 1.807) is 0 Å². The highest BCUT2D eigenvalue weighted by Crippen LogP contribution is 2.31. The summed E-state index contributed by atoms with van der Waals surface area (Å²) in [6.07, 6.45) is 0. The number of hydrogen-bond acceptors (Lipinski definition) is 4. The van der Waals surface area contributed by atoms with Gasteiger partial charge in [0.15, 0.2) is 0 Å². The maximum Gasteiger partial charge on any atom is 0.0850 e. The van der Waals surface area contributed by atoms with Crippen LogP contribution < -0.4 is 10.6 Å². The van der Waals surface area contributed by atoms with E-state index < -0.39 is 0 Å². The summed E-state index contributed by atoms with van der Waals surface area (Å²) in [5.74, 6) is 2.17. The molecule has 0 bridgehead atoms. The second kappa shape index (κ2) is 9.14. The van der Waals surface area contributed by atoms with Crippen LogP contribution in [-0.2, 0) is 0 Å². The van der Waals surface area contributed by atoms with Gasteiger partial charge in [0.2, 0.25) is 0 Å². The minimum absolute atomic E-state index is 0.726. The van der Waals surface area contributed by atoms with Crippen molar-refractivity contribution < 1.29 is 0 Å². The van der Waals surface area contributed by atoms with Crippen LogP contribution in [0.2, 0.25) is 0 Å². The summed E-state index contributed by atoms with van der Waals surface area (Å²) in [4.78, 5) is 2.64. The SMILES string of the molecule is CCSc1cccc(C)c1NCNc1c(C)cccc1SCC. The van der Waals surface area contributed by atoms with E-state index in [1.165, 1.54) is 32.3 Å². The summed E-state index contributed by atoms with van der Waals surface area (Å²) < 4.78 is 0. The van der Waals surface area contributed by atoms with E-state index in [9.17, 15) is 0 Å². The Morgan fingerprint density at radius 2 is 1.17 bits per heavy atom. The van der Waals surface area contributed by atoms with Gasteiger partial charge >= 0.3 is 0 Å². The Labute approximate surface area is 148 Å². The molecule has 2 aromatic carbocycles. The lowest BCUT2D eigenvalue weighted by Crippen LogP contribution is -2.14. The molecule has 4 heteroatoms. The van der Waals surface area contributed by atoms with Crippen LogP contribution in [0, 0.1) is 13.8 Å². The molecule has 23 heavy (non-hydrogen) atoms. The van der Waals surface area contributed by atoms with Crippen molar-refractivity contribution in [2.24, 2.45) is 0 Å². The summed E-state index contributed by atoms with van der Waals surface area (Å²) in [5, 5.41) is 7.14. The quantitative estimate of drug-likeness (QED) is 0.451. The van der Waals surface area contributed by atoms with Crippen LogP contribution in [-0.4, -0.2) is 18.2 Å². The third kappa shape index (κ3) is 4.85. The molecule has 0 saturated carbocycles. The zero-order valence-electron chi connectivity index (χ0n) is 14.4. The van der Waals surface area contributed by atoms with Crippen molar-refractivity contribution in [2.45, 2.75) is 37.5 Å². The molecule has 0 heterocycles. The molecule has 0 amide bonds. The lowest BCUT2D eigenvalue weighted by Gasteiger charge is -2.18. The van der Waals surface area contributed by atoms with E-state index in [0.29, 0.717) is 0 Å². The maximum absolute atomic E-state index is 3.57. The molecular weight excluding hydrogens is 320 g/mol. The van der Waals surface area contributed by atoms with Gasteiger partial charge in [-0.3, -0.25) is 0 Å². The molecule has 0 aliphatic heterocycles. The van der Waals surface area contributed by atoms with Gasteiger partial charge < -0.3 is 10.6 Å². The predicted molar refractivity (Wildman–Crippen MR) is 107 cm³/mol. The lowest BCUT2D eigenvalue weighted by atomic mass is 10.2. The van der Waals surface area contributed by atoms with E-state index >= 15 is 0 Å². The fourth-order valence-electron chi connectivity index (χ4n) is 2.51. The van der Waals surface area contributed by atoms with E-state index in [4.69, 9.17) is 0 Å². The number of para-hydroxylation sites is 2. The minimum Gasteiger partial charge on any atom is -0.367 e. The molecular formula is C19H26N2S2. The smallest absolute Gasteiger partial charge is 0.0850 e. The molecule has 0 atom stereocenters. The number of rotatable bonds is 8. The molecule has 0 aromatic heterocycles. The van der Waals surface area contributed by atoms with E-state index in [2.05, 4.69) is 74.7 Å². The fourth-order valence-corrected chi connectivity index (χ4v) is 4.23. The monoisotopic (exact) mass is 346 g/mol. The first-order valence-corrected chi connectivity index (χ1v) is 10.1. The van der Waals surface area contributed by atoms with Gasteiger partial charge in [-0.25, -0.2) is 0 Å². The van der Waals surface area contributed by atoms with Crippen molar-refractivity contribution in [1.82, 2.24) is 0 Å². The molecule has 0 unspecified atom stereocenters. The van der Waals surface area contributed by atoms with Crippen LogP contribution in [0.25, 0.3) is 0 Å². The first-order valence-electron chi connectivity index (χ1n) is 8.09. The Balaban J connectivity index is 2.09.